The smallest absolute Gasteiger partial charge is 0.335 e. The van der Waals surface area contributed by atoms with Gasteiger partial charge < -0.3 is 10.0 Å². The Morgan fingerprint density at radius 1 is 1.06 bits per heavy atom. The van der Waals surface area contributed by atoms with Crippen molar-refractivity contribution in [2.24, 2.45) is 0 Å². The van der Waals surface area contributed by atoms with Gasteiger partial charge in [-0.2, -0.15) is 0 Å². The highest BCUT2D eigenvalue weighted by molar-refractivity contribution is 6.12. The Morgan fingerprint density at radius 2 is 1.76 bits per heavy atom. The molecule has 0 bridgehead atoms. The van der Waals surface area contributed by atoms with Gasteiger partial charge in [0.15, 0.2) is 5.78 Å². The topological polar surface area (TPSA) is 87.6 Å². The minimum atomic E-state index is -1.05. The number of carbonyl (C=O) groups excluding carboxylic acids is 2. The zero-order valence-corrected chi connectivity index (χ0v) is 18.7. The number of hydrogen-bond donors (Lipinski definition) is 1. The Bertz CT molecular complexity index is 1320. The second-order valence-corrected chi connectivity index (χ2v) is 8.79. The predicted molar refractivity (Wildman–Crippen MR) is 123 cm³/mol. The van der Waals surface area contributed by atoms with E-state index in [1.165, 1.54) is 31.2 Å². The number of rotatable bonds is 6. The number of aryl methyl sites for hydroxylation is 2. The molecular formula is C27H23FN2O4. The van der Waals surface area contributed by atoms with Gasteiger partial charge in [0.25, 0.3) is 5.91 Å². The highest BCUT2D eigenvalue weighted by atomic mass is 19.1. The summed E-state index contributed by atoms with van der Waals surface area (Å²) in [6, 6.07) is 12.4. The van der Waals surface area contributed by atoms with Gasteiger partial charge in [-0.1, -0.05) is 24.3 Å². The van der Waals surface area contributed by atoms with Crippen molar-refractivity contribution in [1.82, 2.24) is 9.88 Å². The average molecular weight is 458 g/mol. The number of carboxylic acids is 1. The molecule has 172 valence electrons. The highest BCUT2D eigenvalue weighted by Crippen LogP contribution is 2.45. The van der Waals surface area contributed by atoms with Crippen molar-refractivity contribution in [3.8, 4) is 11.1 Å². The van der Waals surface area contributed by atoms with Gasteiger partial charge in [0.05, 0.1) is 28.6 Å². The van der Waals surface area contributed by atoms with E-state index in [4.69, 9.17) is 4.98 Å². The maximum atomic E-state index is 13.4. The van der Waals surface area contributed by atoms with Crippen LogP contribution in [0.25, 0.3) is 11.1 Å². The molecule has 2 aromatic carbocycles. The number of hydrogen-bond acceptors (Lipinski definition) is 4. The Morgan fingerprint density at radius 3 is 2.41 bits per heavy atom. The molecule has 1 N–H and O–H groups in total. The fourth-order valence-electron chi connectivity index (χ4n) is 5.09. The molecule has 0 unspecified atom stereocenters. The minimum Gasteiger partial charge on any atom is -0.478 e. The van der Waals surface area contributed by atoms with Gasteiger partial charge in [-0.05, 0) is 68.0 Å². The minimum absolute atomic E-state index is 0.106. The molecule has 0 spiro atoms. The number of nitrogens with zero attached hydrogens (tertiary/aromatic N) is 2. The van der Waals surface area contributed by atoms with Gasteiger partial charge in [-0.3, -0.25) is 14.6 Å². The molecule has 34 heavy (non-hydrogen) atoms. The van der Waals surface area contributed by atoms with E-state index in [1.54, 1.807) is 24.3 Å². The molecule has 6 nitrogen and oxygen atoms in total. The summed E-state index contributed by atoms with van der Waals surface area (Å²) < 4.78 is 13.3. The number of fused-ring (bicyclic) bond motifs is 3. The van der Waals surface area contributed by atoms with Crippen LogP contribution in [0.4, 0.5) is 4.39 Å². The van der Waals surface area contributed by atoms with Gasteiger partial charge in [-0.15, -0.1) is 0 Å². The zero-order chi connectivity index (χ0) is 24.0. The van der Waals surface area contributed by atoms with Crippen molar-refractivity contribution >= 4 is 17.7 Å². The standard InChI is InChI=1S/C27H23FN2O4/c1-15(31)22-20(13-6-16-4-11-19(28)12-5-16)29-25-21-3-2-14-30(21)26(32)24(25)23(22)17-7-9-18(10-8-17)27(33)34/h4-5,7-12,21H,2-3,6,13-14H2,1H3,(H,33,34)/t21-/m0/s1. The first kappa shape index (κ1) is 21.9. The number of halogens is 1. The Labute approximate surface area is 196 Å². The van der Waals surface area contributed by atoms with E-state index in [-0.39, 0.29) is 29.1 Å². The molecule has 0 aliphatic carbocycles. The van der Waals surface area contributed by atoms with E-state index in [1.807, 2.05) is 4.90 Å². The van der Waals surface area contributed by atoms with E-state index < -0.39 is 5.97 Å². The maximum Gasteiger partial charge on any atom is 0.335 e. The number of amides is 1. The van der Waals surface area contributed by atoms with E-state index in [0.29, 0.717) is 53.0 Å². The van der Waals surface area contributed by atoms with Gasteiger partial charge in [0.2, 0.25) is 0 Å². The fourth-order valence-corrected chi connectivity index (χ4v) is 5.09. The van der Waals surface area contributed by atoms with Crippen molar-refractivity contribution in [3.63, 3.8) is 0 Å². The second-order valence-electron chi connectivity index (χ2n) is 8.79. The van der Waals surface area contributed by atoms with Crippen LogP contribution in [0.15, 0.2) is 48.5 Å². The lowest BCUT2D eigenvalue weighted by molar-refractivity contribution is 0.0695. The first-order valence-electron chi connectivity index (χ1n) is 11.3. The first-order chi connectivity index (χ1) is 16.3. The lowest BCUT2D eigenvalue weighted by atomic mass is 9.88. The number of ketones is 1. The quantitative estimate of drug-likeness (QED) is 0.533. The molecule has 2 aliphatic rings. The van der Waals surface area contributed by atoms with Crippen LogP contribution in [0, 0.1) is 5.82 Å². The molecule has 1 saturated heterocycles. The fraction of sp³-hybridized carbons (Fsp3) is 0.259. The Balaban J connectivity index is 1.68. The maximum absolute atomic E-state index is 13.4. The molecule has 2 aliphatic heterocycles. The predicted octanol–water partition coefficient (Wildman–Crippen LogP) is 4.86. The second kappa shape index (κ2) is 8.48. The summed E-state index contributed by atoms with van der Waals surface area (Å²) >= 11 is 0. The normalized spacial score (nSPS) is 16.5. The molecule has 3 aromatic rings. The van der Waals surface area contributed by atoms with E-state index in [9.17, 15) is 23.9 Å². The highest BCUT2D eigenvalue weighted by Gasteiger charge is 2.44. The van der Waals surface area contributed by atoms with Crippen LogP contribution in [-0.4, -0.2) is 39.2 Å². The van der Waals surface area contributed by atoms with E-state index in [2.05, 4.69) is 0 Å². The van der Waals surface area contributed by atoms with Crippen molar-refractivity contribution in [2.45, 2.75) is 38.6 Å². The van der Waals surface area contributed by atoms with Crippen LogP contribution in [0.1, 0.15) is 73.8 Å². The first-order valence-corrected chi connectivity index (χ1v) is 11.3. The number of pyridine rings is 1. The molecule has 0 saturated carbocycles. The molecule has 0 radical (unpaired) electrons. The Kier molecular flexibility index (Phi) is 5.48. The summed E-state index contributed by atoms with van der Waals surface area (Å²) in [6.45, 7) is 2.11. The van der Waals surface area contributed by atoms with E-state index >= 15 is 0 Å². The van der Waals surface area contributed by atoms with E-state index in [0.717, 1.165) is 18.4 Å². The van der Waals surface area contributed by atoms with Crippen LogP contribution in [-0.2, 0) is 12.8 Å². The average Bonchev–Trinajstić information content (AvgIpc) is 3.41. The van der Waals surface area contributed by atoms with Crippen molar-refractivity contribution in [1.29, 1.82) is 0 Å². The van der Waals surface area contributed by atoms with Gasteiger partial charge >= 0.3 is 5.97 Å². The number of aromatic nitrogens is 1. The van der Waals surface area contributed by atoms with Gasteiger partial charge in [-0.25, -0.2) is 9.18 Å². The molecule has 1 aromatic heterocycles. The molecular weight excluding hydrogens is 435 g/mol. The van der Waals surface area contributed by atoms with Crippen molar-refractivity contribution in [3.05, 3.63) is 88.0 Å². The summed E-state index contributed by atoms with van der Waals surface area (Å²) in [7, 11) is 0. The SMILES string of the molecule is CC(=O)c1c(CCc2ccc(F)cc2)nc2c(c1-c1ccc(C(=O)O)cc1)C(=O)N1CCC[C@@H]21. The lowest BCUT2D eigenvalue weighted by Gasteiger charge is -2.17. The molecule has 7 heteroatoms. The number of carbonyl (C=O) groups is 3. The number of carboxylic acid groups (broad SMARTS) is 1. The number of Topliss-reactive ketones (excluding diaryl/α,β-unsaturated/α-hetero) is 1. The third-order valence-corrected chi connectivity index (χ3v) is 6.68. The summed E-state index contributed by atoms with van der Waals surface area (Å²) in [6.07, 6.45) is 2.74. The largest absolute Gasteiger partial charge is 0.478 e. The van der Waals surface area contributed by atoms with Crippen LogP contribution in [0.5, 0.6) is 0 Å². The monoisotopic (exact) mass is 458 g/mol. The number of benzene rings is 2. The third-order valence-electron chi connectivity index (χ3n) is 6.68. The Hall–Kier alpha value is -3.87. The van der Waals surface area contributed by atoms with Crippen LogP contribution in [0.2, 0.25) is 0 Å². The molecule has 1 atom stereocenters. The molecule has 5 rings (SSSR count). The summed E-state index contributed by atoms with van der Waals surface area (Å²) in [4.78, 5) is 44.4. The van der Waals surface area contributed by atoms with Crippen molar-refractivity contribution in [2.75, 3.05) is 6.54 Å². The summed E-state index contributed by atoms with van der Waals surface area (Å²) in [5.74, 6) is -1.69. The van der Waals surface area contributed by atoms with Crippen molar-refractivity contribution < 1.29 is 23.9 Å². The lowest BCUT2D eigenvalue weighted by Crippen LogP contribution is -2.23. The molecule has 1 fully saturated rings. The molecule has 1 amide bonds. The van der Waals surface area contributed by atoms with Gasteiger partial charge in [0.1, 0.15) is 5.82 Å². The summed E-state index contributed by atoms with van der Waals surface area (Å²) in [5.41, 5.74) is 4.33. The van der Waals surface area contributed by atoms with Crippen LogP contribution in [0.3, 0.4) is 0 Å². The van der Waals surface area contributed by atoms with Crippen LogP contribution < -0.4 is 0 Å². The number of aromatic carboxylic acids is 1. The molecule has 3 heterocycles. The zero-order valence-electron chi connectivity index (χ0n) is 18.7. The summed E-state index contributed by atoms with van der Waals surface area (Å²) in [5, 5.41) is 9.29. The third kappa shape index (κ3) is 3.67. The van der Waals surface area contributed by atoms with Gasteiger partial charge in [0, 0.05) is 17.7 Å². The van der Waals surface area contributed by atoms with Crippen LogP contribution >= 0.6 is 0 Å².